The molecule has 0 aliphatic carbocycles. The van der Waals surface area contributed by atoms with E-state index in [1.165, 1.54) is 10.4 Å². The highest BCUT2D eigenvalue weighted by Crippen LogP contribution is 2.36. The summed E-state index contributed by atoms with van der Waals surface area (Å²) in [6, 6.07) is 10.3. The Bertz CT molecular complexity index is 1230. The van der Waals surface area contributed by atoms with Crippen LogP contribution in [0.25, 0.3) is 0 Å². The summed E-state index contributed by atoms with van der Waals surface area (Å²) in [5.74, 6) is 0.198. The Morgan fingerprint density at radius 1 is 1.26 bits per heavy atom. The zero-order valence-corrected chi connectivity index (χ0v) is 21.2. The monoisotopic (exact) mass is 501 g/mol. The van der Waals surface area contributed by atoms with E-state index in [2.05, 4.69) is 5.32 Å². The van der Waals surface area contributed by atoms with Crippen LogP contribution in [0.1, 0.15) is 32.3 Å². The van der Waals surface area contributed by atoms with Crippen LogP contribution in [0.15, 0.2) is 41.3 Å². The van der Waals surface area contributed by atoms with Crippen LogP contribution in [0.4, 0.5) is 11.4 Å². The molecule has 35 heavy (non-hydrogen) atoms. The van der Waals surface area contributed by atoms with E-state index in [-0.39, 0.29) is 23.3 Å². The molecule has 2 aromatic rings. The molecule has 2 heterocycles. The number of hydrogen-bond acceptors (Lipinski definition) is 6. The number of sulfonamides is 1. The highest BCUT2D eigenvalue weighted by atomic mass is 32.2. The second-order valence-electron chi connectivity index (χ2n) is 8.85. The van der Waals surface area contributed by atoms with Crippen LogP contribution in [0, 0.1) is 12.8 Å². The van der Waals surface area contributed by atoms with Crippen LogP contribution in [0.2, 0.25) is 0 Å². The van der Waals surface area contributed by atoms with E-state index < -0.39 is 22.0 Å². The number of hydrogen-bond donors (Lipinski definition) is 1. The Labute approximate surface area is 206 Å². The van der Waals surface area contributed by atoms with Gasteiger partial charge in [-0.25, -0.2) is 8.42 Å². The van der Waals surface area contributed by atoms with Crippen LogP contribution in [0.3, 0.4) is 0 Å². The quantitative estimate of drug-likeness (QED) is 0.652. The van der Waals surface area contributed by atoms with Gasteiger partial charge < -0.3 is 19.7 Å². The molecular formula is C25H31N3O6S. The number of anilines is 2. The Kier molecular flexibility index (Phi) is 7.05. The first-order valence-corrected chi connectivity index (χ1v) is 13.2. The predicted molar refractivity (Wildman–Crippen MR) is 132 cm³/mol. The predicted octanol–water partition coefficient (Wildman–Crippen LogP) is 3.18. The van der Waals surface area contributed by atoms with Crippen LogP contribution in [-0.4, -0.2) is 57.4 Å². The van der Waals surface area contributed by atoms with Crippen molar-refractivity contribution in [1.82, 2.24) is 4.31 Å². The zero-order chi connectivity index (χ0) is 25.3. The van der Waals surface area contributed by atoms with E-state index in [1.54, 1.807) is 44.1 Å². The van der Waals surface area contributed by atoms with Crippen molar-refractivity contribution in [3.8, 4) is 11.5 Å². The SMILES string of the molecule is CCN(C(=O)[C@H]1CCCN(S(=O)(=O)c2cc3c(cc2C)NC(=O)[C@H](C)O3)C1)c1ccc(OC)cc1. The van der Waals surface area contributed by atoms with Gasteiger partial charge in [0.05, 0.1) is 23.6 Å². The van der Waals surface area contributed by atoms with E-state index in [0.29, 0.717) is 48.7 Å². The van der Waals surface area contributed by atoms with Crippen molar-refractivity contribution in [2.24, 2.45) is 5.92 Å². The van der Waals surface area contributed by atoms with Crippen molar-refractivity contribution in [2.75, 3.05) is 37.0 Å². The van der Waals surface area contributed by atoms with Gasteiger partial charge in [0.25, 0.3) is 5.91 Å². The van der Waals surface area contributed by atoms with Gasteiger partial charge in [-0.2, -0.15) is 4.31 Å². The third kappa shape index (κ3) is 4.85. The van der Waals surface area contributed by atoms with E-state index in [9.17, 15) is 18.0 Å². The van der Waals surface area contributed by atoms with Gasteiger partial charge in [0, 0.05) is 31.4 Å². The minimum Gasteiger partial charge on any atom is -0.497 e. The number of amides is 2. The molecule has 0 bridgehead atoms. The van der Waals surface area contributed by atoms with Gasteiger partial charge in [-0.15, -0.1) is 0 Å². The van der Waals surface area contributed by atoms with Gasteiger partial charge in [0.2, 0.25) is 15.9 Å². The molecule has 1 N–H and O–H groups in total. The summed E-state index contributed by atoms with van der Waals surface area (Å²) < 4.78 is 39.5. The van der Waals surface area contributed by atoms with Crippen molar-refractivity contribution < 1.29 is 27.5 Å². The first-order valence-electron chi connectivity index (χ1n) is 11.7. The molecule has 2 aromatic carbocycles. The number of aryl methyl sites for hydroxylation is 1. The van der Waals surface area contributed by atoms with Gasteiger partial charge in [-0.1, -0.05) is 0 Å². The lowest BCUT2D eigenvalue weighted by atomic mass is 9.97. The maximum absolute atomic E-state index is 13.6. The fourth-order valence-electron chi connectivity index (χ4n) is 4.57. The Balaban J connectivity index is 1.56. The van der Waals surface area contributed by atoms with Crippen LogP contribution >= 0.6 is 0 Å². The lowest BCUT2D eigenvalue weighted by molar-refractivity contribution is -0.123. The molecule has 2 atom stereocenters. The van der Waals surface area contributed by atoms with Crippen molar-refractivity contribution in [2.45, 2.75) is 44.6 Å². The molecule has 1 saturated heterocycles. The fraction of sp³-hybridized carbons (Fsp3) is 0.440. The second-order valence-corrected chi connectivity index (χ2v) is 10.8. The average molecular weight is 502 g/mol. The molecule has 2 aliphatic heterocycles. The molecule has 1 fully saturated rings. The van der Waals surface area contributed by atoms with Crippen molar-refractivity contribution in [1.29, 1.82) is 0 Å². The summed E-state index contributed by atoms with van der Waals surface area (Å²) in [6.45, 7) is 6.11. The Hall–Kier alpha value is -3.11. The highest BCUT2D eigenvalue weighted by Gasteiger charge is 2.37. The number of rotatable bonds is 6. The molecule has 0 radical (unpaired) electrons. The number of carbonyl (C=O) groups is 2. The lowest BCUT2D eigenvalue weighted by Crippen LogP contribution is -2.47. The number of benzene rings is 2. The third-order valence-corrected chi connectivity index (χ3v) is 8.53. The van der Waals surface area contributed by atoms with Crippen molar-refractivity contribution in [3.05, 3.63) is 42.0 Å². The number of methoxy groups -OCH3 is 1. The van der Waals surface area contributed by atoms with E-state index in [0.717, 1.165) is 5.69 Å². The summed E-state index contributed by atoms with van der Waals surface area (Å²) >= 11 is 0. The largest absolute Gasteiger partial charge is 0.497 e. The van der Waals surface area contributed by atoms with Crippen LogP contribution in [0.5, 0.6) is 11.5 Å². The molecule has 9 nitrogen and oxygen atoms in total. The van der Waals surface area contributed by atoms with Crippen LogP contribution < -0.4 is 19.7 Å². The zero-order valence-electron chi connectivity index (χ0n) is 20.4. The van der Waals surface area contributed by atoms with E-state index in [4.69, 9.17) is 9.47 Å². The number of carbonyl (C=O) groups excluding carboxylic acids is 2. The van der Waals surface area contributed by atoms with Gasteiger partial charge >= 0.3 is 0 Å². The maximum atomic E-state index is 13.6. The molecule has 2 aliphatic rings. The molecule has 188 valence electrons. The number of nitrogens with zero attached hydrogens (tertiary/aromatic N) is 2. The third-order valence-electron chi connectivity index (χ3n) is 6.53. The lowest BCUT2D eigenvalue weighted by Gasteiger charge is -2.34. The number of piperidine rings is 1. The summed E-state index contributed by atoms with van der Waals surface area (Å²) in [5, 5.41) is 2.74. The average Bonchev–Trinajstić information content (AvgIpc) is 2.85. The summed E-state index contributed by atoms with van der Waals surface area (Å²) in [4.78, 5) is 27.1. The molecule has 0 aromatic heterocycles. The van der Waals surface area contributed by atoms with Gasteiger partial charge in [-0.3, -0.25) is 9.59 Å². The van der Waals surface area contributed by atoms with Crippen molar-refractivity contribution in [3.63, 3.8) is 0 Å². The van der Waals surface area contributed by atoms with Gasteiger partial charge in [-0.05, 0) is 69.5 Å². The smallest absolute Gasteiger partial charge is 0.265 e. The molecule has 0 saturated carbocycles. The van der Waals surface area contributed by atoms with E-state index in [1.807, 2.05) is 19.1 Å². The summed E-state index contributed by atoms with van der Waals surface area (Å²) in [7, 11) is -2.29. The molecular weight excluding hydrogens is 470 g/mol. The molecule has 0 unspecified atom stereocenters. The number of fused-ring (bicyclic) bond motifs is 1. The minimum absolute atomic E-state index is 0.0976. The first kappa shape index (κ1) is 25.0. The van der Waals surface area contributed by atoms with Gasteiger partial charge in [0.15, 0.2) is 6.10 Å². The number of ether oxygens (including phenoxy) is 2. The van der Waals surface area contributed by atoms with E-state index >= 15 is 0 Å². The minimum atomic E-state index is -3.88. The number of nitrogens with one attached hydrogen (secondary N) is 1. The summed E-state index contributed by atoms with van der Waals surface area (Å²) in [5.41, 5.74) is 1.70. The molecule has 4 rings (SSSR count). The Morgan fingerprint density at radius 2 is 1.97 bits per heavy atom. The molecule has 2 amide bonds. The first-order chi connectivity index (χ1) is 16.6. The molecule has 10 heteroatoms. The summed E-state index contributed by atoms with van der Waals surface area (Å²) in [6.07, 6.45) is 0.493. The Morgan fingerprint density at radius 3 is 2.63 bits per heavy atom. The van der Waals surface area contributed by atoms with Crippen LogP contribution in [-0.2, 0) is 19.6 Å². The fourth-order valence-corrected chi connectivity index (χ4v) is 6.32. The topological polar surface area (TPSA) is 105 Å². The highest BCUT2D eigenvalue weighted by molar-refractivity contribution is 7.89. The molecule has 0 spiro atoms. The maximum Gasteiger partial charge on any atom is 0.265 e. The normalized spacial score (nSPS) is 20.4. The standard InChI is InChI=1S/C25H31N3O6S/c1-5-28(19-8-10-20(33-4)11-9-19)25(30)18-7-6-12-27(15-18)35(31,32)23-14-22-21(13-16(23)2)26-24(29)17(3)34-22/h8-11,13-14,17-18H,5-7,12,15H2,1-4H3,(H,26,29)/t17-,18-/m0/s1. The second kappa shape index (κ2) is 9.87. The van der Waals surface area contributed by atoms with Gasteiger partial charge in [0.1, 0.15) is 11.5 Å². The van der Waals surface area contributed by atoms with Crippen molar-refractivity contribution >= 4 is 33.2 Å².